The molecule has 0 fully saturated rings. The lowest BCUT2D eigenvalue weighted by molar-refractivity contribution is 0.299. The summed E-state index contributed by atoms with van der Waals surface area (Å²) in [6.07, 6.45) is 2.45. The average molecular weight is 329 g/mol. The zero-order valence-electron chi connectivity index (χ0n) is 14.4. The summed E-state index contributed by atoms with van der Waals surface area (Å²) in [4.78, 5) is 0. The van der Waals surface area contributed by atoms with Crippen molar-refractivity contribution in [2.45, 2.75) is 58.0 Å². The van der Waals surface area contributed by atoms with Gasteiger partial charge in [0.1, 0.15) is 12.4 Å². The van der Waals surface area contributed by atoms with Crippen LogP contribution in [0, 0.1) is 0 Å². The Balaban J connectivity index is 1.84. The summed E-state index contributed by atoms with van der Waals surface area (Å²) in [5, 5.41) is 0.756. The maximum Gasteiger partial charge on any atom is 0.120 e. The molecule has 122 valence electrons. The van der Waals surface area contributed by atoms with E-state index in [-0.39, 0.29) is 10.8 Å². The first-order valence-electron chi connectivity index (χ1n) is 8.30. The Labute approximate surface area is 144 Å². The summed E-state index contributed by atoms with van der Waals surface area (Å²) in [6, 6.07) is 14.4. The highest BCUT2D eigenvalue weighted by molar-refractivity contribution is 6.30. The number of hydrogen-bond acceptors (Lipinski definition) is 1. The van der Waals surface area contributed by atoms with Crippen molar-refractivity contribution in [3.63, 3.8) is 0 Å². The van der Waals surface area contributed by atoms with Crippen LogP contribution in [0.25, 0.3) is 0 Å². The first kappa shape index (κ1) is 16.4. The molecule has 2 heteroatoms. The number of rotatable bonds is 3. The molecule has 0 radical (unpaired) electrons. The maximum absolute atomic E-state index is 6.02. The lowest BCUT2D eigenvalue weighted by Crippen LogP contribution is -2.33. The van der Waals surface area contributed by atoms with E-state index < -0.39 is 0 Å². The molecule has 0 heterocycles. The molecule has 2 aromatic rings. The molecule has 0 unspecified atom stereocenters. The van der Waals surface area contributed by atoms with Gasteiger partial charge in [0.2, 0.25) is 0 Å². The van der Waals surface area contributed by atoms with E-state index in [4.69, 9.17) is 16.3 Å². The molecule has 0 saturated heterocycles. The zero-order chi connectivity index (χ0) is 16.7. The van der Waals surface area contributed by atoms with Gasteiger partial charge >= 0.3 is 0 Å². The van der Waals surface area contributed by atoms with Gasteiger partial charge in [0, 0.05) is 5.02 Å². The van der Waals surface area contributed by atoms with Gasteiger partial charge in [-0.15, -0.1) is 0 Å². The van der Waals surface area contributed by atoms with Crippen molar-refractivity contribution >= 4 is 11.6 Å². The van der Waals surface area contributed by atoms with E-state index >= 15 is 0 Å². The van der Waals surface area contributed by atoms with Gasteiger partial charge in [-0.2, -0.15) is 0 Å². The van der Waals surface area contributed by atoms with Crippen LogP contribution in [0.4, 0.5) is 0 Å². The SMILES string of the molecule is CC1(C)CCC(C)(C)c2cc(OCc3ccc(Cl)cc3)ccc21. The van der Waals surface area contributed by atoms with Crippen molar-refractivity contribution in [1.29, 1.82) is 0 Å². The highest BCUT2D eigenvalue weighted by atomic mass is 35.5. The second-order valence-electron chi connectivity index (χ2n) is 7.89. The molecule has 1 aliphatic rings. The first-order chi connectivity index (χ1) is 10.8. The predicted octanol–water partition coefficient (Wildman–Crippen LogP) is 6.27. The van der Waals surface area contributed by atoms with Crippen LogP contribution in [0.15, 0.2) is 42.5 Å². The molecule has 0 aromatic heterocycles. The maximum atomic E-state index is 6.02. The normalized spacial score (nSPS) is 18.3. The Morgan fingerprint density at radius 3 is 2.13 bits per heavy atom. The van der Waals surface area contributed by atoms with Crippen LogP contribution in [-0.2, 0) is 17.4 Å². The lowest BCUT2D eigenvalue weighted by Gasteiger charge is -2.41. The largest absolute Gasteiger partial charge is 0.489 e. The van der Waals surface area contributed by atoms with Gasteiger partial charge in [-0.1, -0.05) is 57.5 Å². The monoisotopic (exact) mass is 328 g/mol. The molecular formula is C21H25ClO. The molecule has 2 aromatic carbocycles. The van der Waals surface area contributed by atoms with E-state index in [1.54, 1.807) is 0 Å². The van der Waals surface area contributed by atoms with Crippen LogP contribution >= 0.6 is 11.6 Å². The Bertz CT molecular complexity index is 698. The van der Waals surface area contributed by atoms with Crippen LogP contribution in [-0.4, -0.2) is 0 Å². The minimum atomic E-state index is 0.213. The first-order valence-corrected chi connectivity index (χ1v) is 8.68. The fraction of sp³-hybridized carbons (Fsp3) is 0.429. The highest BCUT2D eigenvalue weighted by Gasteiger charge is 2.37. The summed E-state index contributed by atoms with van der Waals surface area (Å²) in [7, 11) is 0. The van der Waals surface area contributed by atoms with E-state index in [9.17, 15) is 0 Å². The second kappa shape index (κ2) is 5.87. The fourth-order valence-corrected chi connectivity index (χ4v) is 3.53. The summed E-state index contributed by atoms with van der Waals surface area (Å²) < 4.78 is 6.02. The van der Waals surface area contributed by atoms with Gasteiger partial charge in [-0.05, 0) is 64.6 Å². The van der Waals surface area contributed by atoms with E-state index in [1.807, 2.05) is 24.3 Å². The number of fused-ring (bicyclic) bond motifs is 1. The summed E-state index contributed by atoms with van der Waals surface area (Å²) in [5.74, 6) is 0.949. The molecule has 0 saturated carbocycles. The minimum absolute atomic E-state index is 0.213. The Morgan fingerprint density at radius 2 is 1.48 bits per heavy atom. The predicted molar refractivity (Wildman–Crippen MR) is 97.5 cm³/mol. The van der Waals surface area contributed by atoms with Gasteiger partial charge in [0.15, 0.2) is 0 Å². The summed E-state index contributed by atoms with van der Waals surface area (Å²) in [5.41, 5.74) is 4.49. The summed E-state index contributed by atoms with van der Waals surface area (Å²) in [6.45, 7) is 9.93. The molecule has 1 nitrogen and oxygen atoms in total. The number of hydrogen-bond donors (Lipinski definition) is 0. The Morgan fingerprint density at radius 1 is 0.870 bits per heavy atom. The van der Waals surface area contributed by atoms with Gasteiger partial charge < -0.3 is 4.74 Å². The molecule has 0 spiro atoms. The van der Waals surface area contributed by atoms with Crippen LogP contribution in [0.1, 0.15) is 57.2 Å². The third-order valence-corrected chi connectivity index (χ3v) is 5.40. The fourth-order valence-electron chi connectivity index (χ4n) is 3.40. The van der Waals surface area contributed by atoms with Gasteiger partial charge in [0.25, 0.3) is 0 Å². The lowest BCUT2D eigenvalue weighted by atomic mass is 9.63. The summed E-state index contributed by atoms with van der Waals surface area (Å²) >= 11 is 5.93. The number of halogens is 1. The quantitative estimate of drug-likeness (QED) is 0.645. The third-order valence-electron chi connectivity index (χ3n) is 5.14. The zero-order valence-corrected chi connectivity index (χ0v) is 15.2. The van der Waals surface area contributed by atoms with E-state index in [0.29, 0.717) is 6.61 Å². The van der Waals surface area contributed by atoms with Gasteiger partial charge in [0.05, 0.1) is 0 Å². The topological polar surface area (TPSA) is 9.23 Å². The van der Waals surface area contributed by atoms with E-state index in [2.05, 4.69) is 45.9 Å². The van der Waals surface area contributed by atoms with Crippen LogP contribution in [0.5, 0.6) is 5.75 Å². The molecule has 0 amide bonds. The van der Waals surface area contributed by atoms with Crippen molar-refractivity contribution in [3.05, 3.63) is 64.2 Å². The van der Waals surface area contributed by atoms with Gasteiger partial charge in [-0.25, -0.2) is 0 Å². The Kier molecular flexibility index (Phi) is 4.18. The molecule has 23 heavy (non-hydrogen) atoms. The van der Waals surface area contributed by atoms with E-state index in [1.165, 1.54) is 24.0 Å². The van der Waals surface area contributed by atoms with Gasteiger partial charge in [-0.3, -0.25) is 0 Å². The smallest absolute Gasteiger partial charge is 0.120 e. The van der Waals surface area contributed by atoms with Crippen LogP contribution in [0.2, 0.25) is 5.02 Å². The molecule has 0 bridgehead atoms. The van der Waals surface area contributed by atoms with E-state index in [0.717, 1.165) is 16.3 Å². The van der Waals surface area contributed by atoms with Crippen molar-refractivity contribution in [3.8, 4) is 5.75 Å². The second-order valence-corrected chi connectivity index (χ2v) is 8.33. The van der Waals surface area contributed by atoms with Crippen molar-refractivity contribution in [2.24, 2.45) is 0 Å². The van der Waals surface area contributed by atoms with Crippen LogP contribution < -0.4 is 4.74 Å². The van der Waals surface area contributed by atoms with Crippen molar-refractivity contribution in [2.75, 3.05) is 0 Å². The molecule has 0 N–H and O–H groups in total. The molecule has 3 rings (SSSR count). The molecule has 0 aliphatic heterocycles. The Hall–Kier alpha value is -1.47. The highest BCUT2D eigenvalue weighted by Crippen LogP contribution is 2.46. The van der Waals surface area contributed by atoms with Crippen molar-refractivity contribution in [1.82, 2.24) is 0 Å². The molecule has 0 atom stereocenters. The average Bonchev–Trinajstić information content (AvgIpc) is 2.51. The minimum Gasteiger partial charge on any atom is -0.489 e. The third kappa shape index (κ3) is 3.40. The standard InChI is InChI=1S/C21H25ClO/c1-20(2)11-12-21(3,4)19-13-17(9-10-18(19)20)23-14-15-5-7-16(22)8-6-15/h5-10,13H,11-12,14H2,1-4H3. The number of benzene rings is 2. The van der Waals surface area contributed by atoms with Crippen molar-refractivity contribution < 1.29 is 4.74 Å². The molecule has 1 aliphatic carbocycles. The molecular weight excluding hydrogens is 304 g/mol. The number of ether oxygens (including phenoxy) is 1. The van der Waals surface area contributed by atoms with Crippen LogP contribution in [0.3, 0.4) is 0 Å².